The zero-order valence-corrected chi connectivity index (χ0v) is 18.9. The van der Waals surface area contributed by atoms with Crippen molar-refractivity contribution in [2.45, 2.75) is 18.8 Å². The third-order valence-corrected chi connectivity index (χ3v) is 6.46. The monoisotopic (exact) mass is 439 g/mol. The number of anilines is 2. The Hall–Kier alpha value is -3.64. The van der Waals surface area contributed by atoms with Gasteiger partial charge in [0.25, 0.3) is 5.91 Å². The van der Waals surface area contributed by atoms with Crippen LogP contribution in [0, 0.1) is 0 Å². The minimum Gasteiger partial charge on any atom is -0.496 e. The lowest BCUT2D eigenvalue weighted by Crippen LogP contribution is -2.29. The zero-order chi connectivity index (χ0) is 22.8. The lowest BCUT2D eigenvalue weighted by molar-refractivity contribution is 0.0965. The van der Waals surface area contributed by atoms with Crippen molar-refractivity contribution in [2.75, 3.05) is 32.6 Å². The average Bonchev–Trinajstić information content (AvgIpc) is 2.85. The minimum absolute atomic E-state index is 0.294. The molecule has 1 radical (unpaired) electrons. The van der Waals surface area contributed by atoms with Gasteiger partial charge in [-0.3, -0.25) is 4.79 Å². The Morgan fingerprint density at radius 2 is 1.82 bits per heavy atom. The number of amides is 1. The van der Waals surface area contributed by atoms with Crippen molar-refractivity contribution in [3.63, 3.8) is 0 Å². The fourth-order valence-electron chi connectivity index (χ4n) is 4.57. The SMILES string of the molecule is COc1ccccc1-c1cc2c(c(Nc3ccc(C4CCN(C)CC4)cc3)n1)C(=O)[N]C=C2. The summed E-state index contributed by atoms with van der Waals surface area (Å²) in [5.74, 6) is 1.53. The predicted octanol–water partition coefficient (Wildman–Crippen LogP) is 5.04. The van der Waals surface area contributed by atoms with Gasteiger partial charge in [0, 0.05) is 17.5 Å². The van der Waals surface area contributed by atoms with Gasteiger partial charge in [-0.15, -0.1) is 0 Å². The van der Waals surface area contributed by atoms with Gasteiger partial charge in [0.15, 0.2) is 0 Å². The molecule has 1 N–H and O–H groups in total. The van der Waals surface area contributed by atoms with Gasteiger partial charge in [0.1, 0.15) is 11.6 Å². The molecule has 1 aromatic heterocycles. The number of hydrogen-bond acceptors (Lipinski definition) is 5. The molecule has 3 heterocycles. The first-order chi connectivity index (χ1) is 16.1. The molecular weight excluding hydrogens is 412 g/mol. The summed E-state index contributed by atoms with van der Waals surface area (Å²) >= 11 is 0. The van der Waals surface area contributed by atoms with Crippen molar-refractivity contribution in [3.8, 4) is 17.0 Å². The molecule has 2 aromatic carbocycles. The molecule has 1 fully saturated rings. The van der Waals surface area contributed by atoms with E-state index in [2.05, 4.69) is 46.8 Å². The number of piperidine rings is 1. The Morgan fingerprint density at radius 3 is 2.58 bits per heavy atom. The number of para-hydroxylation sites is 1. The number of carbonyl (C=O) groups is 1. The van der Waals surface area contributed by atoms with Crippen LogP contribution in [0.15, 0.2) is 60.8 Å². The molecule has 5 rings (SSSR count). The van der Waals surface area contributed by atoms with Crippen LogP contribution >= 0.6 is 0 Å². The van der Waals surface area contributed by atoms with Gasteiger partial charge in [0.05, 0.1) is 18.4 Å². The normalized spacial score (nSPS) is 16.2. The summed E-state index contributed by atoms with van der Waals surface area (Å²) in [6, 6.07) is 18.1. The summed E-state index contributed by atoms with van der Waals surface area (Å²) in [7, 11) is 3.82. The van der Waals surface area contributed by atoms with E-state index in [1.165, 1.54) is 24.6 Å². The van der Waals surface area contributed by atoms with Crippen LogP contribution in [0.2, 0.25) is 0 Å². The standard InChI is InChI=1S/C27H27N4O2/c1-31-15-12-19(13-16-31)18-7-9-21(10-8-18)29-26-25-20(11-14-28-27(25)32)17-23(30-26)22-5-3-4-6-24(22)33-2/h3-11,14,17,19H,12-13,15-16H2,1-2H3,(H,29,30). The van der Waals surface area contributed by atoms with Crippen LogP contribution < -0.4 is 15.4 Å². The highest BCUT2D eigenvalue weighted by Gasteiger charge is 2.23. The van der Waals surface area contributed by atoms with E-state index >= 15 is 0 Å². The Balaban J connectivity index is 1.48. The summed E-state index contributed by atoms with van der Waals surface area (Å²) in [4.78, 5) is 19.8. The third kappa shape index (κ3) is 4.34. The van der Waals surface area contributed by atoms with E-state index < -0.39 is 0 Å². The Morgan fingerprint density at radius 1 is 1.06 bits per heavy atom. The molecule has 33 heavy (non-hydrogen) atoms. The summed E-state index contributed by atoms with van der Waals surface area (Å²) in [6.07, 6.45) is 5.74. The van der Waals surface area contributed by atoms with Crippen LogP contribution in [-0.4, -0.2) is 43.0 Å². The number of nitrogens with one attached hydrogen (secondary N) is 1. The molecule has 2 aliphatic rings. The van der Waals surface area contributed by atoms with Gasteiger partial charge in [-0.1, -0.05) is 24.3 Å². The lowest BCUT2D eigenvalue weighted by atomic mass is 9.89. The maximum Gasteiger partial charge on any atom is 0.281 e. The fourth-order valence-corrected chi connectivity index (χ4v) is 4.57. The smallest absolute Gasteiger partial charge is 0.281 e. The summed E-state index contributed by atoms with van der Waals surface area (Å²) in [5, 5.41) is 7.34. The maximum atomic E-state index is 12.6. The van der Waals surface area contributed by atoms with Crippen molar-refractivity contribution in [1.82, 2.24) is 15.2 Å². The number of aromatic nitrogens is 1. The quantitative estimate of drug-likeness (QED) is 0.603. The number of methoxy groups -OCH3 is 1. The summed E-state index contributed by atoms with van der Waals surface area (Å²) < 4.78 is 5.53. The molecule has 0 unspecified atom stereocenters. The van der Waals surface area contributed by atoms with Crippen molar-refractivity contribution >= 4 is 23.5 Å². The van der Waals surface area contributed by atoms with Gasteiger partial charge in [-0.05, 0) is 86.4 Å². The molecule has 167 valence electrons. The topological polar surface area (TPSA) is 68.6 Å². The van der Waals surface area contributed by atoms with Crippen LogP contribution in [0.4, 0.5) is 11.5 Å². The average molecular weight is 440 g/mol. The fraction of sp³-hybridized carbons (Fsp3) is 0.259. The zero-order valence-electron chi connectivity index (χ0n) is 18.9. The van der Waals surface area contributed by atoms with Crippen LogP contribution in [-0.2, 0) is 0 Å². The molecule has 2 aliphatic heterocycles. The first-order valence-electron chi connectivity index (χ1n) is 11.3. The first-order valence-corrected chi connectivity index (χ1v) is 11.3. The summed E-state index contributed by atoms with van der Waals surface area (Å²) in [5.41, 5.74) is 5.12. The van der Waals surface area contributed by atoms with Gasteiger partial charge in [-0.2, -0.15) is 0 Å². The van der Waals surface area contributed by atoms with E-state index in [0.29, 0.717) is 17.3 Å². The number of carbonyl (C=O) groups excluding carboxylic acids is 1. The molecule has 3 aromatic rings. The second-order valence-electron chi connectivity index (χ2n) is 8.60. The van der Waals surface area contributed by atoms with E-state index in [0.717, 1.165) is 41.3 Å². The number of likely N-dealkylation sites (tertiary alicyclic amines) is 1. The van der Waals surface area contributed by atoms with E-state index in [1.807, 2.05) is 36.4 Å². The van der Waals surface area contributed by atoms with Crippen LogP contribution in [0.5, 0.6) is 5.75 Å². The van der Waals surface area contributed by atoms with E-state index in [-0.39, 0.29) is 5.91 Å². The molecule has 0 aliphatic carbocycles. The number of pyridine rings is 1. The largest absolute Gasteiger partial charge is 0.496 e. The van der Waals surface area contributed by atoms with Crippen LogP contribution in [0.3, 0.4) is 0 Å². The Kier molecular flexibility index (Phi) is 5.84. The second-order valence-corrected chi connectivity index (χ2v) is 8.60. The molecule has 0 bridgehead atoms. The first kappa shape index (κ1) is 21.2. The minimum atomic E-state index is -0.294. The maximum absolute atomic E-state index is 12.6. The molecular formula is C27H27N4O2. The molecule has 6 nitrogen and oxygen atoms in total. The number of hydrogen-bond donors (Lipinski definition) is 1. The van der Waals surface area contributed by atoms with Gasteiger partial charge < -0.3 is 15.0 Å². The molecule has 0 saturated carbocycles. The second kappa shape index (κ2) is 9.08. The highest BCUT2D eigenvalue weighted by molar-refractivity contribution is 6.05. The number of nitrogens with zero attached hydrogens (tertiary/aromatic N) is 3. The van der Waals surface area contributed by atoms with Gasteiger partial charge in [0.2, 0.25) is 0 Å². The van der Waals surface area contributed by atoms with Crippen molar-refractivity contribution in [3.05, 3.63) is 77.5 Å². The van der Waals surface area contributed by atoms with Crippen molar-refractivity contribution < 1.29 is 9.53 Å². The van der Waals surface area contributed by atoms with E-state index in [4.69, 9.17) is 9.72 Å². The molecule has 1 amide bonds. The molecule has 0 spiro atoms. The van der Waals surface area contributed by atoms with E-state index in [9.17, 15) is 4.79 Å². The number of benzene rings is 2. The highest BCUT2D eigenvalue weighted by Crippen LogP contribution is 2.35. The van der Waals surface area contributed by atoms with Crippen LogP contribution in [0.25, 0.3) is 17.3 Å². The predicted molar refractivity (Wildman–Crippen MR) is 131 cm³/mol. The lowest BCUT2D eigenvalue weighted by Gasteiger charge is -2.29. The molecule has 1 saturated heterocycles. The van der Waals surface area contributed by atoms with Crippen LogP contribution in [0.1, 0.15) is 40.2 Å². The Labute approximate surface area is 194 Å². The number of rotatable bonds is 5. The van der Waals surface area contributed by atoms with Gasteiger partial charge in [-0.25, -0.2) is 10.3 Å². The number of ether oxygens (including phenoxy) is 1. The number of fused-ring (bicyclic) bond motifs is 1. The Bertz CT molecular complexity index is 1200. The molecule has 6 heteroatoms. The molecule has 0 atom stereocenters. The van der Waals surface area contributed by atoms with Gasteiger partial charge >= 0.3 is 0 Å². The van der Waals surface area contributed by atoms with Crippen molar-refractivity contribution in [1.29, 1.82) is 0 Å². The highest BCUT2D eigenvalue weighted by atomic mass is 16.5. The summed E-state index contributed by atoms with van der Waals surface area (Å²) in [6.45, 7) is 2.27. The van der Waals surface area contributed by atoms with E-state index in [1.54, 1.807) is 7.11 Å². The van der Waals surface area contributed by atoms with Crippen molar-refractivity contribution in [2.24, 2.45) is 0 Å². The third-order valence-electron chi connectivity index (χ3n) is 6.46.